The van der Waals surface area contributed by atoms with Crippen molar-refractivity contribution in [1.82, 2.24) is 14.9 Å². The maximum absolute atomic E-state index is 11.4. The van der Waals surface area contributed by atoms with Gasteiger partial charge in [0.1, 0.15) is 11.6 Å². The number of nitrogens with one attached hydrogen (secondary N) is 2. The SMILES string of the molecule is CN(C)CCCNc1cc(=O)[nH]c(C2CC2)n1. The summed E-state index contributed by atoms with van der Waals surface area (Å²) in [5, 5.41) is 3.21. The second kappa shape index (κ2) is 5.31. The number of H-pyrrole nitrogens is 1. The first-order valence-corrected chi connectivity index (χ1v) is 6.15. The fourth-order valence-electron chi connectivity index (χ4n) is 1.73. The molecule has 5 nitrogen and oxygen atoms in total. The molecule has 1 aromatic heterocycles. The van der Waals surface area contributed by atoms with Crippen LogP contribution in [0.25, 0.3) is 0 Å². The van der Waals surface area contributed by atoms with Crippen LogP contribution >= 0.6 is 0 Å². The third-order valence-electron chi connectivity index (χ3n) is 2.81. The summed E-state index contributed by atoms with van der Waals surface area (Å²) in [6.45, 7) is 1.88. The topological polar surface area (TPSA) is 61.0 Å². The van der Waals surface area contributed by atoms with Gasteiger partial charge in [-0.2, -0.15) is 0 Å². The van der Waals surface area contributed by atoms with E-state index in [9.17, 15) is 4.79 Å². The molecular weight excluding hydrogens is 216 g/mol. The van der Waals surface area contributed by atoms with Crippen LogP contribution in [-0.4, -0.2) is 42.1 Å². The van der Waals surface area contributed by atoms with Crippen molar-refractivity contribution in [1.29, 1.82) is 0 Å². The summed E-state index contributed by atoms with van der Waals surface area (Å²) in [5.41, 5.74) is -0.0583. The van der Waals surface area contributed by atoms with Crippen LogP contribution in [0.1, 0.15) is 31.0 Å². The van der Waals surface area contributed by atoms with Gasteiger partial charge in [-0.3, -0.25) is 4.79 Å². The van der Waals surface area contributed by atoms with Crippen molar-refractivity contribution in [3.8, 4) is 0 Å². The van der Waals surface area contributed by atoms with Crippen LogP contribution < -0.4 is 10.9 Å². The van der Waals surface area contributed by atoms with E-state index in [-0.39, 0.29) is 5.56 Å². The lowest BCUT2D eigenvalue weighted by Crippen LogP contribution is -2.18. The molecule has 1 saturated carbocycles. The zero-order valence-electron chi connectivity index (χ0n) is 10.5. The average molecular weight is 236 g/mol. The largest absolute Gasteiger partial charge is 0.370 e. The third kappa shape index (κ3) is 3.85. The highest BCUT2D eigenvalue weighted by atomic mass is 16.1. The predicted molar refractivity (Wildman–Crippen MR) is 68.5 cm³/mol. The molecule has 1 aliphatic carbocycles. The second-order valence-electron chi connectivity index (χ2n) is 4.87. The molecule has 17 heavy (non-hydrogen) atoms. The summed E-state index contributed by atoms with van der Waals surface area (Å²) in [5.74, 6) is 2.02. The second-order valence-corrected chi connectivity index (χ2v) is 4.87. The van der Waals surface area contributed by atoms with E-state index in [1.54, 1.807) is 0 Å². The number of aromatic amines is 1. The minimum absolute atomic E-state index is 0.0583. The van der Waals surface area contributed by atoms with Crippen LogP contribution in [-0.2, 0) is 0 Å². The Labute approximate surface area is 101 Å². The van der Waals surface area contributed by atoms with Crippen LogP contribution in [0, 0.1) is 0 Å². The number of aromatic nitrogens is 2. The maximum atomic E-state index is 11.4. The Hall–Kier alpha value is -1.36. The van der Waals surface area contributed by atoms with E-state index in [1.807, 2.05) is 0 Å². The van der Waals surface area contributed by atoms with Crippen molar-refractivity contribution in [2.24, 2.45) is 0 Å². The molecule has 1 aromatic rings. The molecule has 2 N–H and O–H groups in total. The Kier molecular flexibility index (Phi) is 3.78. The van der Waals surface area contributed by atoms with Crippen molar-refractivity contribution in [3.63, 3.8) is 0 Å². The number of anilines is 1. The molecule has 1 aliphatic rings. The highest BCUT2D eigenvalue weighted by Crippen LogP contribution is 2.37. The highest BCUT2D eigenvalue weighted by Gasteiger charge is 2.26. The van der Waals surface area contributed by atoms with Crippen molar-refractivity contribution in [3.05, 3.63) is 22.2 Å². The van der Waals surface area contributed by atoms with E-state index in [0.29, 0.717) is 11.7 Å². The van der Waals surface area contributed by atoms with Gasteiger partial charge in [-0.05, 0) is 39.9 Å². The van der Waals surface area contributed by atoms with Gasteiger partial charge in [0.2, 0.25) is 0 Å². The molecule has 0 radical (unpaired) electrons. The van der Waals surface area contributed by atoms with Crippen LogP contribution in [0.4, 0.5) is 5.82 Å². The molecule has 1 fully saturated rings. The van der Waals surface area contributed by atoms with Gasteiger partial charge in [-0.1, -0.05) is 0 Å². The van der Waals surface area contributed by atoms with E-state index in [0.717, 1.165) is 38.2 Å². The van der Waals surface area contributed by atoms with Crippen LogP contribution in [0.5, 0.6) is 0 Å². The summed E-state index contributed by atoms with van der Waals surface area (Å²) in [4.78, 5) is 20.8. The molecule has 0 amide bonds. The van der Waals surface area contributed by atoms with E-state index in [2.05, 4.69) is 34.3 Å². The van der Waals surface area contributed by atoms with Crippen molar-refractivity contribution >= 4 is 5.82 Å². The Balaban J connectivity index is 1.89. The molecule has 5 heteroatoms. The van der Waals surface area contributed by atoms with Crippen molar-refractivity contribution < 1.29 is 0 Å². The van der Waals surface area contributed by atoms with Crippen LogP contribution in [0.3, 0.4) is 0 Å². The van der Waals surface area contributed by atoms with E-state index in [4.69, 9.17) is 0 Å². The molecule has 0 spiro atoms. The van der Waals surface area contributed by atoms with E-state index < -0.39 is 0 Å². The molecule has 0 aromatic carbocycles. The fourth-order valence-corrected chi connectivity index (χ4v) is 1.73. The van der Waals surface area contributed by atoms with Gasteiger partial charge in [-0.25, -0.2) is 4.98 Å². The predicted octanol–water partition coefficient (Wildman–Crippen LogP) is 1.01. The lowest BCUT2D eigenvalue weighted by molar-refractivity contribution is 0.405. The first kappa shape index (κ1) is 12.1. The smallest absolute Gasteiger partial charge is 0.252 e. The molecular formula is C12H20N4O. The van der Waals surface area contributed by atoms with Gasteiger partial charge < -0.3 is 15.2 Å². The van der Waals surface area contributed by atoms with Crippen molar-refractivity contribution in [2.45, 2.75) is 25.2 Å². The first-order valence-electron chi connectivity index (χ1n) is 6.15. The fraction of sp³-hybridized carbons (Fsp3) is 0.667. The van der Waals surface area contributed by atoms with Gasteiger partial charge in [-0.15, -0.1) is 0 Å². The Bertz CT molecular complexity index is 423. The normalized spacial score (nSPS) is 15.2. The van der Waals surface area contributed by atoms with Gasteiger partial charge >= 0.3 is 0 Å². The van der Waals surface area contributed by atoms with Crippen molar-refractivity contribution in [2.75, 3.05) is 32.5 Å². The lowest BCUT2D eigenvalue weighted by Gasteiger charge is -2.10. The van der Waals surface area contributed by atoms with E-state index in [1.165, 1.54) is 6.07 Å². The Morgan fingerprint density at radius 2 is 2.29 bits per heavy atom. The van der Waals surface area contributed by atoms with Crippen LogP contribution in [0.2, 0.25) is 0 Å². The first-order chi connectivity index (χ1) is 8.15. The minimum Gasteiger partial charge on any atom is -0.370 e. The number of nitrogens with zero attached hydrogens (tertiary/aromatic N) is 2. The molecule has 2 rings (SSSR count). The molecule has 0 atom stereocenters. The summed E-state index contributed by atoms with van der Waals surface area (Å²) in [7, 11) is 4.10. The van der Waals surface area contributed by atoms with Gasteiger partial charge in [0.05, 0.1) is 0 Å². The average Bonchev–Trinajstić information content (AvgIpc) is 3.07. The monoisotopic (exact) mass is 236 g/mol. The lowest BCUT2D eigenvalue weighted by atomic mass is 10.3. The number of rotatable bonds is 6. The number of hydrogen-bond donors (Lipinski definition) is 2. The van der Waals surface area contributed by atoms with Gasteiger partial charge in [0.15, 0.2) is 0 Å². The summed E-state index contributed by atoms with van der Waals surface area (Å²) in [6.07, 6.45) is 3.33. The molecule has 0 unspecified atom stereocenters. The Morgan fingerprint density at radius 3 is 2.94 bits per heavy atom. The summed E-state index contributed by atoms with van der Waals surface area (Å²) >= 11 is 0. The summed E-state index contributed by atoms with van der Waals surface area (Å²) < 4.78 is 0. The molecule has 94 valence electrons. The zero-order chi connectivity index (χ0) is 12.3. The van der Waals surface area contributed by atoms with E-state index >= 15 is 0 Å². The molecule has 0 aliphatic heterocycles. The molecule has 0 saturated heterocycles. The standard InChI is InChI=1S/C12H20N4O/c1-16(2)7-3-6-13-10-8-11(17)15-12(14-10)9-4-5-9/h8-9H,3-7H2,1-2H3,(H2,13,14,15,17). The zero-order valence-corrected chi connectivity index (χ0v) is 10.5. The quantitative estimate of drug-likeness (QED) is 0.724. The third-order valence-corrected chi connectivity index (χ3v) is 2.81. The van der Waals surface area contributed by atoms with Gasteiger partial charge in [0, 0.05) is 18.5 Å². The Morgan fingerprint density at radius 1 is 1.53 bits per heavy atom. The summed E-state index contributed by atoms with van der Waals surface area (Å²) in [6, 6.07) is 1.53. The highest BCUT2D eigenvalue weighted by molar-refractivity contribution is 5.33. The molecule has 1 heterocycles. The maximum Gasteiger partial charge on any atom is 0.252 e. The molecule has 0 bridgehead atoms. The van der Waals surface area contributed by atoms with Crippen LogP contribution in [0.15, 0.2) is 10.9 Å². The van der Waals surface area contributed by atoms with Gasteiger partial charge in [0.25, 0.3) is 5.56 Å². The minimum atomic E-state index is -0.0583. The number of hydrogen-bond acceptors (Lipinski definition) is 4.